The molecule has 1 atom stereocenters. The van der Waals surface area contributed by atoms with Gasteiger partial charge in [0.2, 0.25) is 0 Å². The molecule has 4 aliphatic carbocycles. The van der Waals surface area contributed by atoms with E-state index in [0.29, 0.717) is 0 Å². The second-order valence-corrected chi connectivity index (χ2v) is 10.3. The molecule has 4 heteroatoms. The highest BCUT2D eigenvalue weighted by atomic mass is 16.2. The van der Waals surface area contributed by atoms with Gasteiger partial charge < -0.3 is 5.73 Å². The minimum atomic E-state index is -0.895. The lowest BCUT2D eigenvalue weighted by Crippen LogP contribution is -2.59. The van der Waals surface area contributed by atoms with Crippen LogP contribution in [0.5, 0.6) is 0 Å². The van der Waals surface area contributed by atoms with Gasteiger partial charge >= 0.3 is 0 Å². The van der Waals surface area contributed by atoms with Crippen molar-refractivity contribution in [2.75, 3.05) is 0 Å². The Bertz CT molecular complexity index is 1020. The molecule has 1 aliphatic heterocycles. The third-order valence-corrected chi connectivity index (χ3v) is 8.33. The Hall–Kier alpha value is -2.62. The molecule has 1 unspecified atom stereocenters. The van der Waals surface area contributed by atoms with E-state index in [1.165, 1.54) is 30.4 Å². The van der Waals surface area contributed by atoms with E-state index in [9.17, 15) is 4.79 Å². The van der Waals surface area contributed by atoms with Gasteiger partial charge in [-0.1, -0.05) is 48.0 Å². The van der Waals surface area contributed by atoms with Gasteiger partial charge in [0.1, 0.15) is 0 Å². The van der Waals surface area contributed by atoms with Crippen molar-refractivity contribution in [3.05, 3.63) is 59.7 Å². The predicted molar refractivity (Wildman–Crippen MR) is 119 cm³/mol. The molecule has 0 radical (unpaired) electrons. The van der Waals surface area contributed by atoms with Gasteiger partial charge in [0.25, 0.3) is 5.91 Å². The maximum Gasteiger partial charge on any atom is 0.259 e. The van der Waals surface area contributed by atoms with Crippen LogP contribution in [0, 0.1) is 30.1 Å². The Balaban J connectivity index is 1.52. The van der Waals surface area contributed by atoms with Crippen LogP contribution in [0.3, 0.4) is 0 Å². The van der Waals surface area contributed by atoms with E-state index in [4.69, 9.17) is 10.7 Å². The van der Waals surface area contributed by atoms with Crippen molar-refractivity contribution < 1.29 is 4.79 Å². The fourth-order valence-electron chi connectivity index (χ4n) is 7.55. The van der Waals surface area contributed by atoms with Crippen LogP contribution in [0.2, 0.25) is 0 Å². The zero-order valence-corrected chi connectivity index (χ0v) is 17.5. The number of benzene rings is 2. The minimum Gasteiger partial charge on any atom is -0.370 e. The summed E-state index contributed by atoms with van der Waals surface area (Å²) in [7, 11) is 0. The van der Waals surface area contributed by atoms with Crippen molar-refractivity contribution in [2.24, 2.45) is 33.9 Å². The Morgan fingerprint density at radius 1 is 0.933 bits per heavy atom. The molecule has 2 aromatic rings. The summed E-state index contributed by atoms with van der Waals surface area (Å²) >= 11 is 0. The summed E-state index contributed by atoms with van der Waals surface area (Å²) in [5.41, 5.74) is 9.67. The number of amides is 1. The van der Waals surface area contributed by atoms with Gasteiger partial charge in [0.05, 0.1) is 0 Å². The normalized spacial score (nSPS) is 36.6. The van der Waals surface area contributed by atoms with Crippen LogP contribution in [0.25, 0.3) is 11.1 Å². The third kappa shape index (κ3) is 2.46. The van der Waals surface area contributed by atoms with Crippen LogP contribution in [0.4, 0.5) is 0 Å². The molecule has 0 spiro atoms. The highest BCUT2D eigenvalue weighted by Gasteiger charge is 2.66. The Morgan fingerprint density at radius 2 is 1.57 bits per heavy atom. The summed E-state index contributed by atoms with van der Waals surface area (Å²) in [5, 5.41) is 2.89. The van der Waals surface area contributed by atoms with Crippen LogP contribution < -0.4 is 11.1 Å². The Labute approximate surface area is 178 Å². The molecule has 0 aromatic heterocycles. The summed E-state index contributed by atoms with van der Waals surface area (Å²) in [6.07, 6.45) is 7.28. The second-order valence-electron chi connectivity index (χ2n) is 10.3. The van der Waals surface area contributed by atoms with E-state index in [1.54, 1.807) is 0 Å². The molecule has 4 bridgehead atoms. The van der Waals surface area contributed by atoms with Crippen LogP contribution in [0.15, 0.2) is 53.5 Å². The predicted octanol–water partition coefficient (Wildman–Crippen LogP) is 4.52. The second kappa shape index (κ2) is 6.19. The lowest BCUT2D eigenvalue weighted by Gasteiger charge is -2.61. The third-order valence-electron chi connectivity index (χ3n) is 8.33. The van der Waals surface area contributed by atoms with Gasteiger partial charge in [-0.3, -0.25) is 10.1 Å². The first kappa shape index (κ1) is 18.2. The first-order valence-corrected chi connectivity index (χ1v) is 11.3. The number of nitrogens with zero attached hydrogens (tertiary/aromatic N) is 1. The number of aryl methyl sites for hydroxylation is 1. The van der Waals surface area contributed by atoms with Crippen molar-refractivity contribution >= 4 is 11.9 Å². The molecular weight excluding hydrogens is 370 g/mol. The zero-order valence-electron chi connectivity index (χ0n) is 17.5. The number of nitrogens with one attached hydrogen (secondary N) is 1. The van der Waals surface area contributed by atoms with Crippen LogP contribution in [0.1, 0.15) is 49.7 Å². The number of carbonyl (C=O) groups is 1. The maximum atomic E-state index is 13.6. The summed E-state index contributed by atoms with van der Waals surface area (Å²) < 4.78 is 0. The van der Waals surface area contributed by atoms with Gasteiger partial charge in [-0.2, -0.15) is 0 Å². The number of rotatable bonds is 3. The molecular formula is C26H29N3O. The van der Waals surface area contributed by atoms with Gasteiger partial charge in [-0.05, 0) is 86.0 Å². The fourth-order valence-corrected chi connectivity index (χ4v) is 7.55. The fraction of sp³-hybridized carbons (Fsp3) is 0.462. The van der Waals surface area contributed by atoms with E-state index in [1.807, 2.05) is 0 Å². The van der Waals surface area contributed by atoms with Crippen molar-refractivity contribution in [1.82, 2.24) is 5.32 Å². The van der Waals surface area contributed by atoms with Gasteiger partial charge in [0, 0.05) is 5.41 Å². The number of nitrogens with two attached hydrogens (primary N) is 1. The number of hydrogen-bond donors (Lipinski definition) is 2. The molecule has 2 aromatic carbocycles. The Morgan fingerprint density at radius 3 is 2.13 bits per heavy atom. The smallest absolute Gasteiger partial charge is 0.259 e. The molecule has 4 fully saturated rings. The van der Waals surface area contributed by atoms with E-state index < -0.39 is 5.54 Å². The van der Waals surface area contributed by atoms with Crippen molar-refractivity contribution in [1.29, 1.82) is 0 Å². The van der Waals surface area contributed by atoms with Crippen LogP contribution in [-0.2, 0) is 10.3 Å². The molecule has 4 saturated carbocycles. The van der Waals surface area contributed by atoms with E-state index >= 15 is 0 Å². The highest BCUT2D eigenvalue weighted by molar-refractivity contribution is 6.08. The average Bonchev–Trinajstić information content (AvgIpc) is 3.03. The van der Waals surface area contributed by atoms with E-state index in [0.717, 1.165) is 48.1 Å². The molecule has 154 valence electrons. The van der Waals surface area contributed by atoms with Crippen LogP contribution >= 0.6 is 0 Å². The molecule has 3 N–H and O–H groups in total. The zero-order chi connectivity index (χ0) is 20.5. The SMILES string of the molecule is Cc1ccc(-c2cccc(C3(C45CC6CC(CC(C6)C4)C5)N=C(N)NC3=O)c2)cc1. The van der Waals surface area contributed by atoms with E-state index in [-0.39, 0.29) is 17.3 Å². The molecule has 1 heterocycles. The lowest BCUT2D eigenvalue weighted by molar-refractivity contribution is -0.143. The molecule has 30 heavy (non-hydrogen) atoms. The van der Waals surface area contributed by atoms with E-state index in [2.05, 4.69) is 60.8 Å². The molecule has 0 saturated heterocycles. The minimum absolute atomic E-state index is 0.0250. The maximum absolute atomic E-state index is 13.6. The molecule has 5 aliphatic rings. The van der Waals surface area contributed by atoms with Crippen LogP contribution in [-0.4, -0.2) is 11.9 Å². The average molecular weight is 400 g/mol. The molecule has 7 rings (SSSR count). The van der Waals surface area contributed by atoms with Gasteiger partial charge in [-0.25, -0.2) is 4.99 Å². The summed E-state index contributed by atoms with van der Waals surface area (Å²) in [6.45, 7) is 2.10. The first-order chi connectivity index (χ1) is 14.5. The van der Waals surface area contributed by atoms with Crippen molar-refractivity contribution in [2.45, 2.75) is 51.0 Å². The first-order valence-electron chi connectivity index (χ1n) is 11.3. The highest BCUT2D eigenvalue weighted by Crippen LogP contribution is 2.67. The van der Waals surface area contributed by atoms with Crippen molar-refractivity contribution in [3.8, 4) is 11.1 Å². The monoisotopic (exact) mass is 399 g/mol. The Kier molecular flexibility index (Phi) is 3.75. The number of guanidine groups is 1. The number of hydrogen-bond acceptors (Lipinski definition) is 3. The quantitative estimate of drug-likeness (QED) is 0.797. The lowest BCUT2D eigenvalue weighted by atomic mass is 9.43. The standard InChI is InChI=1S/C26H29N3O/c1-16-5-7-20(8-6-16)21-3-2-4-22(12-21)26(23(30)28-24(27)29-26)25-13-17-9-18(14-25)11-19(10-17)15-25/h2-8,12,17-19H,9-11,13-15H2,1H3,(H3,27,28,29,30). The summed E-state index contributed by atoms with van der Waals surface area (Å²) in [6, 6.07) is 17.1. The largest absolute Gasteiger partial charge is 0.370 e. The number of aliphatic imine (C=N–C) groups is 1. The summed E-state index contributed by atoms with van der Waals surface area (Å²) in [4.78, 5) is 18.6. The van der Waals surface area contributed by atoms with Gasteiger partial charge in [0.15, 0.2) is 11.5 Å². The number of carbonyl (C=O) groups excluding carboxylic acids is 1. The molecule has 4 nitrogen and oxygen atoms in total. The van der Waals surface area contributed by atoms with Crippen molar-refractivity contribution in [3.63, 3.8) is 0 Å². The topological polar surface area (TPSA) is 67.5 Å². The molecule has 1 amide bonds. The van der Waals surface area contributed by atoms with Gasteiger partial charge in [-0.15, -0.1) is 0 Å². The summed E-state index contributed by atoms with van der Waals surface area (Å²) in [5.74, 6) is 2.45.